The standard InChI is InChI=1S/C17H26N2O2/c1-13(2)14-6-5-7-15(10-14)19-16(21)11-18-17(12-20)8-3-4-9-17/h5-7,10,13,18,20H,3-4,8-9,11-12H2,1-2H3,(H,19,21). The fourth-order valence-corrected chi connectivity index (χ4v) is 2.89. The summed E-state index contributed by atoms with van der Waals surface area (Å²) in [6.45, 7) is 4.61. The third-order valence-electron chi connectivity index (χ3n) is 4.32. The van der Waals surface area contributed by atoms with E-state index in [1.807, 2.05) is 18.2 Å². The van der Waals surface area contributed by atoms with Crippen molar-refractivity contribution in [2.45, 2.75) is 51.0 Å². The molecule has 0 heterocycles. The average Bonchev–Trinajstić information content (AvgIpc) is 2.95. The molecule has 0 bridgehead atoms. The molecule has 1 aromatic carbocycles. The number of aliphatic hydroxyl groups excluding tert-OH is 1. The lowest BCUT2D eigenvalue weighted by molar-refractivity contribution is -0.115. The molecule has 1 aromatic rings. The lowest BCUT2D eigenvalue weighted by Gasteiger charge is -2.27. The van der Waals surface area contributed by atoms with Gasteiger partial charge in [0, 0.05) is 11.2 Å². The number of carbonyl (C=O) groups is 1. The maximum absolute atomic E-state index is 12.1. The molecule has 1 fully saturated rings. The molecule has 1 saturated carbocycles. The van der Waals surface area contributed by atoms with Crippen LogP contribution in [-0.2, 0) is 4.79 Å². The molecule has 0 aliphatic heterocycles. The molecule has 0 unspecified atom stereocenters. The summed E-state index contributed by atoms with van der Waals surface area (Å²) in [4.78, 5) is 12.1. The highest BCUT2D eigenvalue weighted by Gasteiger charge is 2.32. The molecule has 3 N–H and O–H groups in total. The molecular weight excluding hydrogens is 264 g/mol. The Hall–Kier alpha value is -1.39. The Morgan fingerprint density at radius 2 is 2.05 bits per heavy atom. The highest BCUT2D eigenvalue weighted by atomic mass is 16.3. The number of aliphatic hydroxyl groups is 1. The molecule has 21 heavy (non-hydrogen) atoms. The lowest BCUT2D eigenvalue weighted by atomic mass is 9.99. The summed E-state index contributed by atoms with van der Waals surface area (Å²) >= 11 is 0. The lowest BCUT2D eigenvalue weighted by Crippen LogP contribution is -2.49. The SMILES string of the molecule is CC(C)c1cccc(NC(=O)CNC2(CO)CCCC2)c1. The third kappa shape index (κ3) is 4.29. The molecule has 116 valence electrons. The van der Waals surface area contributed by atoms with Crippen molar-refractivity contribution in [3.8, 4) is 0 Å². The van der Waals surface area contributed by atoms with Crippen molar-refractivity contribution < 1.29 is 9.90 Å². The van der Waals surface area contributed by atoms with Gasteiger partial charge in [0.1, 0.15) is 0 Å². The van der Waals surface area contributed by atoms with Gasteiger partial charge in [-0.3, -0.25) is 4.79 Å². The Balaban J connectivity index is 1.88. The molecule has 0 saturated heterocycles. The van der Waals surface area contributed by atoms with Gasteiger partial charge < -0.3 is 15.7 Å². The number of amides is 1. The monoisotopic (exact) mass is 290 g/mol. The fraction of sp³-hybridized carbons (Fsp3) is 0.588. The molecule has 4 heteroatoms. The van der Waals surface area contributed by atoms with Gasteiger partial charge in [0.15, 0.2) is 0 Å². The summed E-state index contributed by atoms with van der Waals surface area (Å²) in [6, 6.07) is 7.95. The van der Waals surface area contributed by atoms with Crippen LogP contribution < -0.4 is 10.6 Å². The molecule has 0 aromatic heterocycles. The van der Waals surface area contributed by atoms with Crippen LogP contribution in [0, 0.1) is 0 Å². The van der Waals surface area contributed by atoms with Crippen LogP contribution in [0.1, 0.15) is 51.0 Å². The molecule has 0 spiro atoms. The van der Waals surface area contributed by atoms with Gasteiger partial charge in [0.25, 0.3) is 0 Å². The van der Waals surface area contributed by atoms with Crippen molar-refractivity contribution in [3.05, 3.63) is 29.8 Å². The zero-order valence-corrected chi connectivity index (χ0v) is 13.0. The quantitative estimate of drug-likeness (QED) is 0.755. The first-order valence-electron chi connectivity index (χ1n) is 7.80. The predicted molar refractivity (Wildman–Crippen MR) is 85.4 cm³/mol. The Bertz CT molecular complexity index is 479. The van der Waals surface area contributed by atoms with Crippen LogP contribution in [0.4, 0.5) is 5.69 Å². The number of hydrogen-bond acceptors (Lipinski definition) is 3. The molecule has 2 rings (SSSR count). The molecule has 0 atom stereocenters. The van der Waals surface area contributed by atoms with Crippen LogP contribution in [0.5, 0.6) is 0 Å². The van der Waals surface area contributed by atoms with E-state index in [1.165, 1.54) is 5.56 Å². The van der Waals surface area contributed by atoms with Crippen molar-refractivity contribution in [2.24, 2.45) is 0 Å². The van der Waals surface area contributed by atoms with Gasteiger partial charge in [0.2, 0.25) is 5.91 Å². The van der Waals surface area contributed by atoms with Crippen molar-refractivity contribution in [2.75, 3.05) is 18.5 Å². The van der Waals surface area contributed by atoms with Crippen LogP contribution in [0.25, 0.3) is 0 Å². The Morgan fingerprint density at radius 1 is 1.33 bits per heavy atom. The second kappa shape index (κ2) is 7.05. The number of rotatable bonds is 6. The van der Waals surface area contributed by atoms with Crippen LogP contribution in [0.15, 0.2) is 24.3 Å². The van der Waals surface area contributed by atoms with Crippen molar-refractivity contribution in [1.29, 1.82) is 0 Å². The average molecular weight is 290 g/mol. The fourth-order valence-electron chi connectivity index (χ4n) is 2.89. The van der Waals surface area contributed by atoms with Gasteiger partial charge in [-0.15, -0.1) is 0 Å². The summed E-state index contributed by atoms with van der Waals surface area (Å²) in [5.74, 6) is 0.381. The molecule has 1 aliphatic carbocycles. The smallest absolute Gasteiger partial charge is 0.238 e. The zero-order valence-electron chi connectivity index (χ0n) is 13.0. The van der Waals surface area contributed by atoms with Gasteiger partial charge in [-0.05, 0) is 36.5 Å². The third-order valence-corrected chi connectivity index (χ3v) is 4.32. The van der Waals surface area contributed by atoms with Crippen LogP contribution in [0.2, 0.25) is 0 Å². The highest BCUT2D eigenvalue weighted by molar-refractivity contribution is 5.92. The molecule has 0 radical (unpaired) electrons. The van der Waals surface area contributed by atoms with Gasteiger partial charge in [-0.2, -0.15) is 0 Å². The van der Waals surface area contributed by atoms with E-state index in [1.54, 1.807) is 0 Å². The second-order valence-corrected chi connectivity index (χ2v) is 6.33. The Labute approximate surface area is 126 Å². The van der Waals surface area contributed by atoms with E-state index in [2.05, 4.69) is 30.5 Å². The largest absolute Gasteiger partial charge is 0.394 e. The van der Waals surface area contributed by atoms with Gasteiger partial charge in [0.05, 0.1) is 13.2 Å². The van der Waals surface area contributed by atoms with Crippen molar-refractivity contribution in [1.82, 2.24) is 5.32 Å². The Morgan fingerprint density at radius 3 is 2.67 bits per heavy atom. The van der Waals surface area contributed by atoms with Crippen molar-refractivity contribution in [3.63, 3.8) is 0 Å². The number of hydrogen-bond donors (Lipinski definition) is 3. The van der Waals surface area contributed by atoms with E-state index in [0.29, 0.717) is 5.92 Å². The van der Waals surface area contributed by atoms with Crippen LogP contribution in [-0.4, -0.2) is 29.7 Å². The number of benzene rings is 1. The van der Waals surface area contributed by atoms with Crippen LogP contribution in [0.3, 0.4) is 0 Å². The van der Waals surface area contributed by atoms with E-state index in [0.717, 1.165) is 31.4 Å². The number of carbonyl (C=O) groups excluding carboxylic acids is 1. The molecule has 4 nitrogen and oxygen atoms in total. The maximum atomic E-state index is 12.1. The van der Waals surface area contributed by atoms with E-state index in [9.17, 15) is 9.90 Å². The summed E-state index contributed by atoms with van der Waals surface area (Å²) in [6.07, 6.45) is 4.12. The molecule has 1 amide bonds. The minimum Gasteiger partial charge on any atom is -0.394 e. The van der Waals surface area contributed by atoms with Gasteiger partial charge in [-0.25, -0.2) is 0 Å². The van der Waals surface area contributed by atoms with E-state index in [4.69, 9.17) is 0 Å². The zero-order chi connectivity index (χ0) is 15.3. The maximum Gasteiger partial charge on any atom is 0.238 e. The first-order chi connectivity index (χ1) is 10.0. The molecular formula is C17H26N2O2. The van der Waals surface area contributed by atoms with Crippen molar-refractivity contribution >= 4 is 11.6 Å². The first-order valence-corrected chi connectivity index (χ1v) is 7.80. The Kier molecular flexibility index (Phi) is 5.37. The number of nitrogens with one attached hydrogen (secondary N) is 2. The topological polar surface area (TPSA) is 61.4 Å². The summed E-state index contributed by atoms with van der Waals surface area (Å²) in [5.41, 5.74) is 1.79. The normalized spacial score (nSPS) is 17.1. The summed E-state index contributed by atoms with van der Waals surface area (Å²) < 4.78 is 0. The molecule has 1 aliphatic rings. The van der Waals surface area contributed by atoms with Gasteiger partial charge >= 0.3 is 0 Å². The number of anilines is 1. The summed E-state index contributed by atoms with van der Waals surface area (Å²) in [7, 11) is 0. The summed E-state index contributed by atoms with van der Waals surface area (Å²) in [5, 5.41) is 15.7. The minimum absolute atomic E-state index is 0.0596. The van der Waals surface area contributed by atoms with Crippen LogP contribution >= 0.6 is 0 Å². The highest BCUT2D eigenvalue weighted by Crippen LogP contribution is 2.28. The van der Waals surface area contributed by atoms with E-state index < -0.39 is 0 Å². The first kappa shape index (κ1) is 16.0. The van der Waals surface area contributed by atoms with Gasteiger partial charge in [-0.1, -0.05) is 38.8 Å². The van der Waals surface area contributed by atoms with E-state index in [-0.39, 0.29) is 24.6 Å². The minimum atomic E-state index is -0.253. The predicted octanol–water partition coefficient (Wildman–Crippen LogP) is 2.64. The van der Waals surface area contributed by atoms with E-state index >= 15 is 0 Å². The second-order valence-electron chi connectivity index (χ2n) is 6.33.